The highest BCUT2D eigenvalue weighted by Crippen LogP contribution is 2.21. The standard InChI is InChI=1S/C25H28N4O2/c1-17-14-29(15-18(2)31-17)16-20-7-9-21(10-8-20)25(30)28-23-6-4-5-22(13-23)24-11-12-26-19(3)27-24/h4-13,17-18H,14-16H2,1-3H3,(H,28,30)/t17-,18+. The second kappa shape index (κ2) is 9.37. The SMILES string of the molecule is Cc1nccc(-c2cccc(NC(=O)c3ccc(CN4C[C@@H](C)O[C@@H](C)C4)cc3)c2)n1. The summed E-state index contributed by atoms with van der Waals surface area (Å²) in [6.07, 6.45) is 2.23. The Morgan fingerprint density at radius 3 is 2.55 bits per heavy atom. The highest BCUT2D eigenvalue weighted by atomic mass is 16.5. The van der Waals surface area contributed by atoms with Gasteiger partial charge in [0.15, 0.2) is 0 Å². The minimum Gasteiger partial charge on any atom is -0.373 e. The average Bonchev–Trinajstić information content (AvgIpc) is 2.74. The lowest BCUT2D eigenvalue weighted by Crippen LogP contribution is -2.44. The van der Waals surface area contributed by atoms with Crippen LogP contribution in [0.5, 0.6) is 0 Å². The fraction of sp³-hybridized carbons (Fsp3) is 0.320. The van der Waals surface area contributed by atoms with E-state index in [9.17, 15) is 4.79 Å². The molecule has 6 nitrogen and oxygen atoms in total. The van der Waals surface area contributed by atoms with Crippen LogP contribution in [0.15, 0.2) is 60.8 Å². The molecule has 6 heteroatoms. The van der Waals surface area contributed by atoms with Crippen LogP contribution in [0.4, 0.5) is 5.69 Å². The van der Waals surface area contributed by atoms with E-state index in [2.05, 4.69) is 34.0 Å². The van der Waals surface area contributed by atoms with E-state index in [0.717, 1.165) is 36.6 Å². The fourth-order valence-electron chi connectivity index (χ4n) is 4.01. The topological polar surface area (TPSA) is 67.4 Å². The molecule has 2 aromatic carbocycles. The molecule has 1 aliphatic rings. The number of benzene rings is 2. The van der Waals surface area contributed by atoms with Crippen LogP contribution in [0, 0.1) is 6.92 Å². The van der Waals surface area contributed by atoms with Gasteiger partial charge in [-0.2, -0.15) is 0 Å². The molecule has 0 unspecified atom stereocenters. The van der Waals surface area contributed by atoms with Gasteiger partial charge in [-0.1, -0.05) is 24.3 Å². The molecule has 3 aromatic rings. The third kappa shape index (κ3) is 5.54. The van der Waals surface area contributed by atoms with Crippen molar-refractivity contribution >= 4 is 11.6 Å². The largest absolute Gasteiger partial charge is 0.373 e. The van der Waals surface area contributed by atoms with E-state index in [1.807, 2.05) is 61.5 Å². The summed E-state index contributed by atoms with van der Waals surface area (Å²) in [7, 11) is 0. The molecular weight excluding hydrogens is 388 g/mol. The molecule has 1 N–H and O–H groups in total. The number of carbonyl (C=O) groups excluding carboxylic acids is 1. The summed E-state index contributed by atoms with van der Waals surface area (Å²) >= 11 is 0. The van der Waals surface area contributed by atoms with Crippen molar-refractivity contribution in [1.29, 1.82) is 0 Å². The number of anilines is 1. The number of aryl methyl sites for hydroxylation is 1. The lowest BCUT2D eigenvalue weighted by Gasteiger charge is -2.35. The van der Waals surface area contributed by atoms with Crippen LogP contribution in [0.2, 0.25) is 0 Å². The number of rotatable bonds is 5. The number of hydrogen-bond acceptors (Lipinski definition) is 5. The van der Waals surface area contributed by atoms with Crippen molar-refractivity contribution in [2.24, 2.45) is 0 Å². The summed E-state index contributed by atoms with van der Waals surface area (Å²) in [5.41, 5.74) is 4.33. The molecule has 0 bridgehead atoms. The van der Waals surface area contributed by atoms with Crippen LogP contribution in [-0.4, -0.2) is 46.1 Å². The molecule has 2 heterocycles. The Bertz CT molecular complexity index is 1040. The smallest absolute Gasteiger partial charge is 0.255 e. The molecule has 0 saturated carbocycles. The van der Waals surface area contributed by atoms with Crippen LogP contribution in [0.25, 0.3) is 11.3 Å². The molecule has 2 atom stereocenters. The number of aromatic nitrogens is 2. The van der Waals surface area contributed by atoms with Gasteiger partial charge in [-0.05, 0) is 56.7 Å². The van der Waals surface area contributed by atoms with Gasteiger partial charge in [0.1, 0.15) is 5.82 Å². The van der Waals surface area contributed by atoms with Gasteiger partial charge in [-0.3, -0.25) is 9.69 Å². The quantitative estimate of drug-likeness (QED) is 0.671. The first-order chi connectivity index (χ1) is 15.0. The summed E-state index contributed by atoms with van der Waals surface area (Å²) in [6.45, 7) is 8.79. The minimum absolute atomic E-state index is 0.129. The van der Waals surface area contributed by atoms with Crippen LogP contribution in [0.1, 0.15) is 35.6 Å². The summed E-state index contributed by atoms with van der Waals surface area (Å²) < 4.78 is 5.80. The molecule has 1 fully saturated rings. The number of nitrogens with zero attached hydrogens (tertiary/aromatic N) is 3. The van der Waals surface area contributed by atoms with E-state index >= 15 is 0 Å². The van der Waals surface area contributed by atoms with Crippen molar-refractivity contribution in [3.63, 3.8) is 0 Å². The van der Waals surface area contributed by atoms with E-state index < -0.39 is 0 Å². The molecular formula is C25H28N4O2. The number of amides is 1. The fourth-order valence-corrected chi connectivity index (χ4v) is 4.01. The molecule has 1 saturated heterocycles. The molecule has 31 heavy (non-hydrogen) atoms. The van der Waals surface area contributed by atoms with E-state index in [4.69, 9.17) is 4.74 Å². The number of carbonyl (C=O) groups is 1. The van der Waals surface area contributed by atoms with Gasteiger partial charge >= 0.3 is 0 Å². The van der Waals surface area contributed by atoms with Gasteiger partial charge in [0.2, 0.25) is 0 Å². The van der Waals surface area contributed by atoms with Crippen molar-refractivity contribution < 1.29 is 9.53 Å². The number of nitrogens with one attached hydrogen (secondary N) is 1. The molecule has 0 radical (unpaired) electrons. The Kier molecular flexibility index (Phi) is 6.39. The van der Waals surface area contributed by atoms with Gasteiger partial charge in [0, 0.05) is 42.6 Å². The molecule has 0 aliphatic carbocycles. The Hall–Kier alpha value is -3.09. The molecule has 0 spiro atoms. The van der Waals surface area contributed by atoms with E-state index in [0.29, 0.717) is 11.4 Å². The van der Waals surface area contributed by atoms with Crippen LogP contribution >= 0.6 is 0 Å². The van der Waals surface area contributed by atoms with Crippen molar-refractivity contribution in [3.8, 4) is 11.3 Å². The van der Waals surface area contributed by atoms with Gasteiger partial charge in [0.25, 0.3) is 5.91 Å². The summed E-state index contributed by atoms with van der Waals surface area (Å²) in [5.74, 6) is 0.587. The Morgan fingerprint density at radius 1 is 1.10 bits per heavy atom. The predicted octanol–water partition coefficient (Wildman–Crippen LogP) is 4.31. The van der Waals surface area contributed by atoms with Gasteiger partial charge < -0.3 is 10.1 Å². The minimum atomic E-state index is -0.129. The summed E-state index contributed by atoms with van der Waals surface area (Å²) in [6, 6.07) is 17.4. The first-order valence-electron chi connectivity index (χ1n) is 10.6. The normalized spacial score (nSPS) is 19.2. The van der Waals surface area contributed by atoms with Crippen molar-refractivity contribution in [2.45, 2.75) is 39.5 Å². The maximum atomic E-state index is 12.7. The van der Waals surface area contributed by atoms with Crippen LogP contribution in [0.3, 0.4) is 0 Å². The number of ether oxygens (including phenoxy) is 1. The second-order valence-electron chi connectivity index (χ2n) is 8.17. The van der Waals surface area contributed by atoms with Gasteiger partial charge in [-0.25, -0.2) is 9.97 Å². The second-order valence-corrected chi connectivity index (χ2v) is 8.17. The Labute approximate surface area is 183 Å². The zero-order valence-corrected chi connectivity index (χ0v) is 18.2. The number of hydrogen-bond donors (Lipinski definition) is 1. The zero-order chi connectivity index (χ0) is 21.8. The highest BCUT2D eigenvalue weighted by molar-refractivity contribution is 6.04. The third-order valence-corrected chi connectivity index (χ3v) is 5.31. The van der Waals surface area contributed by atoms with Crippen LogP contribution in [-0.2, 0) is 11.3 Å². The lowest BCUT2D eigenvalue weighted by atomic mass is 10.1. The maximum Gasteiger partial charge on any atom is 0.255 e. The average molecular weight is 417 g/mol. The van der Waals surface area contributed by atoms with Gasteiger partial charge in [-0.15, -0.1) is 0 Å². The Morgan fingerprint density at radius 2 is 1.84 bits per heavy atom. The summed E-state index contributed by atoms with van der Waals surface area (Å²) in [5, 5.41) is 2.99. The monoisotopic (exact) mass is 416 g/mol. The zero-order valence-electron chi connectivity index (χ0n) is 18.2. The predicted molar refractivity (Wildman–Crippen MR) is 122 cm³/mol. The molecule has 4 rings (SSSR count). The molecule has 1 amide bonds. The van der Waals surface area contributed by atoms with E-state index in [1.165, 1.54) is 5.56 Å². The molecule has 160 valence electrons. The van der Waals surface area contributed by atoms with Crippen LogP contribution < -0.4 is 5.32 Å². The maximum absolute atomic E-state index is 12.7. The van der Waals surface area contributed by atoms with Crippen molar-refractivity contribution in [1.82, 2.24) is 14.9 Å². The Balaban J connectivity index is 1.40. The van der Waals surface area contributed by atoms with Gasteiger partial charge in [0.05, 0.1) is 17.9 Å². The highest BCUT2D eigenvalue weighted by Gasteiger charge is 2.22. The molecule has 1 aliphatic heterocycles. The first-order valence-corrected chi connectivity index (χ1v) is 10.6. The molecule has 1 aromatic heterocycles. The summed E-state index contributed by atoms with van der Waals surface area (Å²) in [4.78, 5) is 23.7. The van der Waals surface area contributed by atoms with E-state index in [-0.39, 0.29) is 18.1 Å². The first kappa shape index (κ1) is 21.2. The van der Waals surface area contributed by atoms with Crippen molar-refractivity contribution in [2.75, 3.05) is 18.4 Å². The number of morpholine rings is 1. The van der Waals surface area contributed by atoms with E-state index in [1.54, 1.807) is 6.20 Å². The van der Waals surface area contributed by atoms with Crippen molar-refractivity contribution in [3.05, 3.63) is 77.7 Å². The lowest BCUT2D eigenvalue weighted by molar-refractivity contribution is -0.0704. The third-order valence-electron chi connectivity index (χ3n) is 5.31.